The number of nitrogens with zero attached hydrogens (tertiary/aromatic N) is 3. The van der Waals surface area contributed by atoms with E-state index in [1.165, 1.54) is 41.2 Å². The zero-order valence-electron chi connectivity index (χ0n) is 17.4. The average Bonchev–Trinajstić information content (AvgIpc) is 3.25. The van der Waals surface area contributed by atoms with Gasteiger partial charge in [-0.15, -0.1) is 0 Å². The minimum absolute atomic E-state index is 0.150. The van der Waals surface area contributed by atoms with Crippen LogP contribution in [0, 0.1) is 11.6 Å². The third kappa shape index (κ3) is 4.42. The van der Waals surface area contributed by atoms with Crippen LogP contribution in [0.1, 0.15) is 33.9 Å². The molecule has 0 aliphatic carbocycles. The largest absolute Gasteiger partial charge is 0.332 e. The number of hydrogen-bond donors (Lipinski definition) is 0. The smallest absolute Gasteiger partial charge is 0.262 e. The molecule has 2 amide bonds. The van der Waals surface area contributed by atoms with Crippen molar-refractivity contribution in [1.29, 1.82) is 0 Å². The number of halogens is 2. The lowest BCUT2D eigenvalue weighted by atomic mass is 9.98. The predicted molar refractivity (Wildman–Crippen MR) is 117 cm³/mol. The summed E-state index contributed by atoms with van der Waals surface area (Å²) in [5.74, 6) is -1.84. The Bertz CT molecular complexity index is 1180. The van der Waals surface area contributed by atoms with Gasteiger partial charge in [-0.25, -0.2) is 13.8 Å². The molecule has 0 N–H and O–H groups in total. The molecule has 0 radical (unpaired) electrons. The van der Waals surface area contributed by atoms with Crippen LogP contribution in [0.3, 0.4) is 0 Å². The maximum absolute atomic E-state index is 14.4. The number of amides is 2. The third-order valence-corrected chi connectivity index (χ3v) is 5.33. The molecule has 1 aliphatic rings. The van der Waals surface area contributed by atoms with Crippen LogP contribution < -0.4 is 0 Å². The summed E-state index contributed by atoms with van der Waals surface area (Å²) in [6, 6.07) is 20.5. The van der Waals surface area contributed by atoms with E-state index < -0.39 is 29.5 Å². The van der Waals surface area contributed by atoms with E-state index in [1.807, 2.05) is 30.3 Å². The summed E-state index contributed by atoms with van der Waals surface area (Å²) in [6.45, 7) is -0.257. The van der Waals surface area contributed by atoms with E-state index in [4.69, 9.17) is 0 Å². The third-order valence-electron chi connectivity index (χ3n) is 5.33. The number of hydrazone groups is 1. The molecule has 3 aromatic carbocycles. The highest BCUT2D eigenvalue weighted by molar-refractivity contribution is 6.04. The minimum Gasteiger partial charge on any atom is -0.332 e. The van der Waals surface area contributed by atoms with Gasteiger partial charge in [0.05, 0.1) is 11.8 Å². The van der Waals surface area contributed by atoms with Gasteiger partial charge in [0.15, 0.2) is 0 Å². The van der Waals surface area contributed by atoms with E-state index in [0.29, 0.717) is 17.7 Å². The summed E-state index contributed by atoms with van der Waals surface area (Å²) in [4.78, 5) is 27.0. The van der Waals surface area contributed by atoms with Crippen molar-refractivity contribution in [1.82, 2.24) is 9.91 Å². The second-order valence-corrected chi connectivity index (χ2v) is 7.57. The monoisotopic (exact) mass is 433 g/mol. The molecule has 0 unspecified atom stereocenters. The molecule has 3 aromatic rings. The number of hydrogen-bond acceptors (Lipinski definition) is 3. The van der Waals surface area contributed by atoms with Crippen molar-refractivity contribution < 1.29 is 18.4 Å². The predicted octanol–water partition coefficient (Wildman–Crippen LogP) is 4.41. The highest BCUT2D eigenvalue weighted by Crippen LogP contribution is 2.33. The Kier molecular flexibility index (Phi) is 6.07. The lowest BCUT2D eigenvalue weighted by molar-refractivity contribution is -0.133. The van der Waals surface area contributed by atoms with Crippen molar-refractivity contribution in [2.75, 3.05) is 13.6 Å². The van der Waals surface area contributed by atoms with E-state index in [2.05, 4.69) is 5.10 Å². The number of carbonyl (C=O) groups is 2. The fraction of sp³-hybridized carbons (Fsp3) is 0.160. The molecule has 0 bridgehead atoms. The Hall–Kier alpha value is -3.87. The summed E-state index contributed by atoms with van der Waals surface area (Å²) in [5.41, 5.74) is 1.81. The fourth-order valence-corrected chi connectivity index (χ4v) is 3.72. The number of likely N-dealkylation sites (N-methyl/N-ethyl adjacent to an activating group) is 1. The molecule has 5 nitrogen and oxygen atoms in total. The molecule has 0 fully saturated rings. The summed E-state index contributed by atoms with van der Waals surface area (Å²) >= 11 is 0. The van der Waals surface area contributed by atoms with Crippen molar-refractivity contribution >= 4 is 17.5 Å². The van der Waals surface area contributed by atoms with Crippen LogP contribution in [0.4, 0.5) is 8.78 Å². The zero-order valence-corrected chi connectivity index (χ0v) is 17.4. The summed E-state index contributed by atoms with van der Waals surface area (Å²) in [5, 5.41) is 5.75. The van der Waals surface area contributed by atoms with Crippen LogP contribution in [0.5, 0.6) is 0 Å². The molecule has 1 atom stereocenters. The van der Waals surface area contributed by atoms with Gasteiger partial charge in [-0.1, -0.05) is 54.6 Å². The van der Waals surface area contributed by atoms with E-state index >= 15 is 0 Å². The van der Waals surface area contributed by atoms with Gasteiger partial charge >= 0.3 is 0 Å². The summed E-state index contributed by atoms with van der Waals surface area (Å²) < 4.78 is 27.8. The molecule has 0 aromatic heterocycles. The van der Waals surface area contributed by atoms with Gasteiger partial charge < -0.3 is 4.90 Å². The summed E-state index contributed by atoms with van der Waals surface area (Å²) in [7, 11) is 1.47. The standard InChI is InChI=1S/C25H21F2N3O2/c1-29(25(32)18-10-7-11-19(26)14-18)16-24(31)30-23(17-8-3-2-4-9-17)15-22(28-30)20-12-5-6-13-21(20)27/h2-14,23H,15-16H2,1H3/t23-/m1/s1. The maximum atomic E-state index is 14.4. The molecule has 0 spiro atoms. The SMILES string of the molecule is CN(CC(=O)N1N=C(c2ccccc2F)C[C@@H]1c1ccccc1)C(=O)c1cccc(F)c1. The molecule has 32 heavy (non-hydrogen) atoms. The molecular weight excluding hydrogens is 412 g/mol. The van der Waals surface area contributed by atoms with Crippen LogP contribution in [0.2, 0.25) is 0 Å². The second kappa shape index (κ2) is 9.09. The van der Waals surface area contributed by atoms with Crippen molar-refractivity contribution in [2.45, 2.75) is 12.5 Å². The van der Waals surface area contributed by atoms with E-state index in [0.717, 1.165) is 11.6 Å². The maximum Gasteiger partial charge on any atom is 0.262 e. The first-order chi connectivity index (χ1) is 15.4. The van der Waals surface area contributed by atoms with Crippen LogP contribution >= 0.6 is 0 Å². The molecule has 7 heteroatoms. The molecule has 0 saturated carbocycles. The number of benzene rings is 3. The van der Waals surface area contributed by atoms with Gasteiger partial charge in [0, 0.05) is 24.6 Å². The van der Waals surface area contributed by atoms with Crippen LogP contribution in [0.15, 0.2) is 84.0 Å². The highest BCUT2D eigenvalue weighted by Gasteiger charge is 2.34. The molecule has 162 valence electrons. The van der Waals surface area contributed by atoms with Gasteiger partial charge in [0.25, 0.3) is 11.8 Å². The minimum atomic E-state index is -0.529. The lowest BCUT2D eigenvalue weighted by Crippen LogP contribution is -2.39. The molecular formula is C25H21F2N3O2. The average molecular weight is 433 g/mol. The normalized spacial score (nSPS) is 15.4. The Balaban J connectivity index is 1.59. The second-order valence-electron chi connectivity index (χ2n) is 7.57. The van der Waals surface area contributed by atoms with E-state index in [1.54, 1.807) is 18.2 Å². The van der Waals surface area contributed by atoms with Gasteiger partial charge in [-0.3, -0.25) is 9.59 Å². The Morgan fingerprint density at radius 3 is 2.44 bits per heavy atom. The van der Waals surface area contributed by atoms with Crippen LogP contribution in [0.25, 0.3) is 0 Å². The molecule has 4 rings (SSSR count). The quantitative estimate of drug-likeness (QED) is 0.598. The van der Waals surface area contributed by atoms with E-state index in [9.17, 15) is 18.4 Å². The first kappa shape index (κ1) is 21.4. The fourth-order valence-electron chi connectivity index (χ4n) is 3.72. The number of carbonyl (C=O) groups excluding carboxylic acids is 2. The number of rotatable bonds is 5. The first-order valence-corrected chi connectivity index (χ1v) is 10.1. The van der Waals surface area contributed by atoms with Crippen LogP contribution in [-0.4, -0.2) is 41.0 Å². The Morgan fingerprint density at radius 1 is 1.00 bits per heavy atom. The lowest BCUT2D eigenvalue weighted by Gasteiger charge is -2.25. The molecule has 1 heterocycles. The zero-order chi connectivity index (χ0) is 22.7. The van der Waals surface area contributed by atoms with Gasteiger partial charge in [0.1, 0.15) is 18.2 Å². The Labute approximate surface area is 184 Å². The van der Waals surface area contributed by atoms with Crippen molar-refractivity contribution in [3.05, 3.63) is 107 Å². The van der Waals surface area contributed by atoms with Gasteiger partial charge in [-0.05, 0) is 29.8 Å². The van der Waals surface area contributed by atoms with Gasteiger partial charge in [0.2, 0.25) is 0 Å². The Morgan fingerprint density at radius 2 is 1.72 bits per heavy atom. The highest BCUT2D eigenvalue weighted by atomic mass is 19.1. The van der Waals surface area contributed by atoms with E-state index in [-0.39, 0.29) is 12.1 Å². The van der Waals surface area contributed by atoms with Gasteiger partial charge in [-0.2, -0.15) is 5.10 Å². The summed E-state index contributed by atoms with van der Waals surface area (Å²) in [6.07, 6.45) is 0.345. The molecule has 0 saturated heterocycles. The van der Waals surface area contributed by atoms with Crippen molar-refractivity contribution in [3.63, 3.8) is 0 Å². The first-order valence-electron chi connectivity index (χ1n) is 10.1. The van der Waals surface area contributed by atoms with Crippen molar-refractivity contribution in [2.24, 2.45) is 5.10 Å². The molecule has 1 aliphatic heterocycles. The topological polar surface area (TPSA) is 53.0 Å². The van der Waals surface area contributed by atoms with Crippen LogP contribution in [-0.2, 0) is 4.79 Å². The van der Waals surface area contributed by atoms with Crippen molar-refractivity contribution in [3.8, 4) is 0 Å².